The van der Waals surface area contributed by atoms with Crippen molar-refractivity contribution in [3.63, 3.8) is 0 Å². The van der Waals surface area contributed by atoms with Gasteiger partial charge in [0.05, 0.1) is 6.07 Å². The second-order valence-corrected chi connectivity index (χ2v) is 4.88. The molecule has 1 aliphatic rings. The van der Waals surface area contributed by atoms with Gasteiger partial charge in [-0.1, -0.05) is 31.0 Å². The molecule has 0 aromatic heterocycles. The van der Waals surface area contributed by atoms with Gasteiger partial charge in [0.15, 0.2) is 5.12 Å². The Labute approximate surface area is 83.7 Å². The lowest BCUT2D eigenvalue weighted by atomic mass is 9.87. The third kappa shape index (κ3) is 3.40. The van der Waals surface area contributed by atoms with E-state index in [1.807, 2.05) is 0 Å². The fourth-order valence-corrected chi connectivity index (χ4v) is 2.72. The van der Waals surface area contributed by atoms with Gasteiger partial charge in [-0.05, 0) is 18.8 Å². The van der Waals surface area contributed by atoms with E-state index in [-0.39, 0.29) is 10.4 Å². The average Bonchev–Trinajstić information content (AvgIpc) is 2.15. The Bertz CT molecular complexity index is 215. The van der Waals surface area contributed by atoms with E-state index in [9.17, 15) is 4.79 Å². The molecule has 0 heterocycles. The minimum atomic E-state index is -0.0993. The Balaban J connectivity index is 2.45. The minimum Gasteiger partial charge on any atom is -0.288 e. The summed E-state index contributed by atoms with van der Waals surface area (Å²) in [6.07, 6.45) is 5.99. The molecular formula is C10H15NOS. The van der Waals surface area contributed by atoms with Gasteiger partial charge in [0.25, 0.3) is 0 Å². The topological polar surface area (TPSA) is 40.9 Å². The lowest BCUT2D eigenvalue weighted by Gasteiger charge is -2.24. The molecule has 13 heavy (non-hydrogen) atoms. The van der Waals surface area contributed by atoms with Crippen LogP contribution in [0.15, 0.2) is 0 Å². The first-order chi connectivity index (χ1) is 6.24. The third-order valence-corrected chi connectivity index (χ3v) is 3.57. The minimum absolute atomic E-state index is 0.0668. The molecular weight excluding hydrogens is 182 g/mol. The summed E-state index contributed by atoms with van der Waals surface area (Å²) < 4.78 is 0. The lowest BCUT2D eigenvalue weighted by molar-refractivity contribution is -0.109. The van der Waals surface area contributed by atoms with Gasteiger partial charge >= 0.3 is 0 Å². The summed E-state index contributed by atoms with van der Waals surface area (Å²) in [6.45, 7) is 1.54. The summed E-state index contributed by atoms with van der Waals surface area (Å²) in [5.74, 6) is 0.452. The van der Waals surface area contributed by atoms with Crippen molar-refractivity contribution >= 4 is 16.9 Å². The van der Waals surface area contributed by atoms with Crippen molar-refractivity contribution in [1.29, 1.82) is 5.26 Å². The van der Waals surface area contributed by atoms with E-state index in [0.29, 0.717) is 5.92 Å². The maximum absolute atomic E-state index is 10.9. The molecule has 0 aromatic rings. The molecule has 1 saturated carbocycles. The second kappa shape index (κ2) is 5.29. The summed E-state index contributed by atoms with van der Waals surface area (Å²) in [5, 5.41) is 8.87. The van der Waals surface area contributed by atoms with E-state index in [2.05, 4.69) is 6.07 Å². The van der Waals surface area contributed by atoms with Crippen molar-refractivity contribution in [1.82, 2.24) is 0 Å². The molecule has 0 saturated heterocycles. The van der Waals surface area contributed by atoms with Crippen LogP contribution in [0.5, 0.6) is 0 Å². The van der Waals surface area contributed by atoms with Gasteiger partial charge < -0.3 is 0 Å². The maximum atomic E-state index is 10.9. The first-order valence-electron chi connectivity index (χ1n) is 4.81. The van der Waals surface area contributed by atoms with Crippen LogP contribution >= 0.6 is 11.8 Å². The van der Waals surface area contributed by atoms with Gasteiger partial charge in [0.1, 0.15) is 5.25 Å². The zero-order valence-electron chi connectivity index (χ0n) is 7.95. The van der Waals surface area contributed by atoms with Crippen LogP contribution in [0.25, 0.3) is 0 Å². The fraction of sp³-hybridized carbons (Fsp3) is 0.800. The molecule has 0 radical (unpaired) electrons. The molecule has 0 N–H and O–H groups in total. The van der Waals surface area contributed by atoms with Gasteiger partial charge in [-0.3, -0.25) is 4.79 Å². The van der Waals surface area contributed by atoms with Crippen molar-refractivity contribution < 1.29 is 4.79 Å². The number of thioether (sulfide) groups is 1. The van der Waals surface area contributed by atoms with Crippen LogP contribution in [-0.4, -0.2) is 10.4 Å². The third-order valence-electron chi connectivity index (χ3n) is 2.50. The SMILES string of the molecule is CC(=O)S[C@H](C#N)C1CCCCC1. The Morgan fingerprint density at radius 3 is 2.54 bits per heavy atom. The normalized spacial score (nSPS) is 20.6. The summed E-state index contributed by atoms with van der Waals surface area (Å²) in [5.41, 5.74) is 0. The highest BCUT2D eigenvalue weighted by atomic mass is 32.2. The zero-order valence-corrected chi connectivity index (χ0v) is 8.77. The number of carbonyl (C=O) groups is 1. The number of rotatable bonds is 2. The van der Waals surface area contributed by atoms with Crippen molar-refractivity contribution in [2.75, 3.05) is 0 Å². The van der Waals surface area contributed by atoms with Crippen LogP contribution in [0, 0.1) is 17.2 Å². The Hall–Kier alpha value is -0.490. The highest BCUT2D eigenvalue weighted by Crippen LogP contribution is 2.32. The van der Waals surface area contributed by atoms with E-state index < -0.39 is 0 Å². The first-order valence-corrected chi connectivity index (χ1v) is 5.69. The molecule has 1 rings (SSSR count). The summed E-state index contributed by atoms with van der Waals surface area (Å²) in [6, 6.07) is 2.25. The number of hydrogen-bond acceptors (Lipinski definition) is 3. The van der Waals surface area contributed by atoms with Crippen LogP contribution in [0.3, 0.4) is 0 Å². The number of nitriles is 1. The molecule has 72 valence electrons. The monoisotopic (exact) mass is 197 g/mol. The molecule has 1 fully saturated rings. The fourth-order valence-electron chi connectivity index (χ4n) is 1.84. The Morgan fingerprint density at radius 2 is 2.08 bits per heavy atom. The van der Waals surface area contributed by atoms with E-state index in [4.69, 9.17) is 5.26 Å². The predicted molar refractivity (Wildman–Crippen MR) is 54.2 cm³/mol. The van der Waals surface area contributed by atoms with Gasteiger partial charge in [-0.2, -0.15) is 5.26 Å². The van der Waals surface area contributed by atoms with Crippen molar-refractivity contribution in [3.05, 3.63) is 0 Å². The molecule has 1 atom stereocenters. The first kappa shape index (κ1) is 10.6. The lowest BCUT2D eigenvalue weighted by Crippen LogP contribution is -2.19. The van der Waals surface area contributed by atoms with Crippen LogP contribution in [0.2, 0.25) is 0 Å². The molecule has 0 spiro atoms. The van der Waals surface area contributed by atoms with Gasteiger partial charge in [-0.25, -0.2) is 0 Å². The Morgan fingerprint density at radius 1 is 1.46 bits per heavy atom. The average molecular weight is 197 g/mol. The van der Waals surface area contributed by atoms with Crippen LogP contribution < -0.4 is 0 Å². The summed E-state index contributed by atoms with van der Waals surface area (Å²) >= 11 is 1.21. The molecule has 0 aromatic carbocycles. The molecule has 0 bridgehead atoms. The molecule has 0 amide bonds. The molecule has 0 aliphatic heterocycles. The molecule has 3 heteroatoms. The highest BCUT2D eigenvalue weighted by Gasteiger charge is 2.24. The van der Waals surface area contributed by atoms with Crippen molar-refractivity contribution in [2.45, 2.75) is 44.3 Å². The van der Waals surface area contributed by atoms with E-state index in [0.717, 1.165) is 12.8 Å². The summed E-state index contributed by atoms with van der Waals surface area (Å²) in [4.78, 5) is 10.9. The van der Waals surface area contributed by atoms with E-state index in [1.54, 1.807) is 0 Å². The predicted octanol–water partition coefficient (Wildman–Crippen LogP) is 2.74. The van der Waals surface area contributed by atoms with Gasteiger partial charge in [-0.15, -0.1) is 0 Å². The Kier molecular flexibility index (Phi) is 4.31. The largest absolute Gasteiger partial charge is 0.288 e. The van der Waals surface area contributed by atoms with Crippen LogP contribution in [-0.2, 0) is 4.79 Å². The smallest absolute Gasteiger partial charge is 0.187 e. The van der Waals surface area contributed by atoms with Gasteiger partial charge in [0.2, 0.25) is 0 Å². The quantitative estimate of drug-likeness (QED) is 0.683. The number of carbonyl (C=O) groups excluding carboxylic acids is 1. The van der Waals surface area contributed by atoms with Crippen LogP contribution in [0.4, 0.5) is 0 Å². The van der Waals surface area contributed by atoms with Crippen LogP contribution in [0.1, 0.15) is 39.0 Å². The van der Waals surface area contributed by atoms with Gasteiger partial charge in [0, 0.05) is 6.92 Å². The second-order valence-electron chi connectivity index (χ2n) is 3.56. The standard InChI is InChI=1S/C10H15NOS/c1-8(12)13-10(7-11)9-5-3-2-4-6-9/h9-10H,2-6H2,1H3/t10-/m1/s1. The van der Waals surface area contributed by atoms with Crippen molar-refractivity contribution in [3.8, 4) is 6.07 Å². The van der Waals surface area contributed by atoms with E-state index in [1.165, 1.54) is 37.9 Å². The maximum Gasteiger partial charge on any atom is 0.187 e. The molecule has 2 nitrogen and oxygen atoms in total. The highest BCUT2D eigenvalue weighted by molar-refractivity contribution is 8.14. The zero-order chi connectivity index (χ0) is 9.68. The summed E-state index contributed by atoms with van der Waals surface area (Å²) in [7, 11) is 0. The molecule has 0 unspecified atom stereocenters. The number of nitrogens with zero attached hydrogens (tertiary/aromatic N) is 1. The molecule has 1 aliphatic carbocycles. The van der Waals surface area contributed by atoms with Crippen molar-refractivity contribution in [2.24, 2.45) is 5.92 Å². The van der Waals surface area contributed by atoms with E-state index >= 15 is 0 Å². The number of hydrogen-bond donors (Lipinski definition) is 0.